The van der Waals surface area contributed by atoms with Gasteiger partial charge >= 0.3 is 5.97 Å². The molecule has 92 valence electrons. The molecule has 0 fully saturated rings. The lowest BCUT2D eigenvalue weighted by atomic mass is 10.1. The maximum atomic E-state index is 10.8. The lowest BCUT2D eigenvalue weighted by Gasteiger charge is -2.09. The Balaban J connectivity index is 2.14. The van der Waals surface area contributed by atoms with Gasteiger partial charge in [0.05, 0.1) is 29.2 Å². The molecule has 1 heterocycles. The van der Waals surface area contributed by atoms with E-state index in [1.165, 1.54) is 18.5 Å². The summed E-state index contributed by atoms with van der Waals surface area (Å²) in [5.74, 6) is -0.986. The van der Waals surface area contributed by atoms with Gasteiger partial charge in [-0.15, -0.1) is 0 Å². The smallest absolute Gasteiger partial charge is 0.335 e. The Morgan fingerprint density at radius 2 is 2.22 bits per heavy atom. The molecule has 0 amide bonds. The van der Waals surface area contributed by atoms with Crippen LogP contribution in [0.3, 0.4) is 0 Å². The third kappa shape index (κ3) is 2.73. The first-order valence-electron chi connectivity index (χ1n) is 5.28. The van der Waals surface area contributed by atoms with E-state index in [9.17, 15) is 4.79 Å². The average Bonchev–Trinajstić information content (AvgIpc) is 2.38. The highest BCUT2D eigenvalue weighted by atomic mass is 16.4. The van der Waals surface area contributed by atoms with Crippen LogP contribution < -0.4 is 11.1 Å². The van der Waals surface area contributed by atoms with Crippen LogP contribution >= 0.6 is 0 Å². The summed E-state index contributed by atoms with van der Waals surface area (Å²) in [4.78, 5) is 18.7. The number of carboxylic acid groups (broad SMARTS) is 1. The summed E-state index contributed by atoms with van der Waals surface area (Å²) < 4.78 is 0. The monoisotopic (exact) mass is 244 g/mol. The predicted octanol–water partition coefficient (Wildman–Crippen LogP) is 1.37. The normalized spacial score (nSPS) is 10.0. The standard InChI is InChI=1S/C12H12N4O2/c13-10-2-1-8(12(17)18)5-11(10)15-6-9-3-4-14-7-16-9/h1-5,7,15H,6,13H2,(H,17,18). The van der Waals surface area contributed by atoms with E-state index >= 15 is 0 Å². The Morgan fingerprint density at radius 3 is 2.89 bits per heavy atom. The van der Waals surface area contributed by atoms with Gasteiger partial charge in [-0.25, -0.2) is 14.8 Å². The van der Waals surface area contributed by atoms with E-state index in [2.05, 4.69) is 15.3 Å². The lowest BCUT2D eigenvalue weighted by Crippen LogP contribution is -2.06. The predicted molar refractivity (Wildman–Crippen MR) is 67.2 cm³/mol. The molecule has 6 nitrogen and oxygen atoms in total. The topological polar surface area (TPSA) is 101 Å². The van der Waals surface area contributed by atoms with Gasteiger partial charge in [0, 0.05) is 6.20 Å². The average molecular weight is 244 g/mol. The molecule has 1 aromatic carbocycles. The largest absolute Gasteiger partial charge is 0.478 e. The Hall–Kier alpha value is -2.63. The molecule has 0 saturated heterocycles. The molecular weight excluding hydrogens is 232 g/mol. The van der Waals surface area contributed by atoms with Crippen molar-refractivity contribution in [2.24, 2.45) is 0 Å². The van der Waals surface area contributed by atoms with Crippen LogP contribution in [0.25, 0.3) is 0 Å². The Bertz CT molecular complexity index is 557. The summed E-state index contributed by atoms with van der Waals surface area (Å²) in [5.41, 5.74) is 7.82. The summed E-state index contributed by atoms with van der Waals surface area (Å²) in [6.07, 6.45) is 3.09. The second kappa shape index (κ2) is 5.13. The number of hydrogen-bond donors (Lipinski definition) is 3. The fourth-order valence-electron chi connectivity index (χ4n) is 1.45. The van der Waals surface area contributed by atoms with Crippen molar-refractivity contribution < 1.29 is 9.90 Å². The molecule has 6 heteroatoms. The van der Waals surface area contributed by atoms with Gasteiger partial charge in [-0.2, -0.15) is 0 Å². The van der Waals surface area contributed by atoms with Crippen molar-refractivity contribution in [2.45, 2.75) is 6.54 Å². The minimum absolute atomic E-state index is 0.189. The van der Waals surface area contributed by atoms with Crippen LogP contribution in [0.15, 0.2) is 36.8 Å². The Kier molecular flexibility index (Phi) is 3.38. The molecule has 2 rings (SSSR count). The highest BCUT2D eigenvalue weighted by Gasteiger charge is 2.06. The number of nitrogens with zero attached hydrogens (tertiary/aromatic N) is 2. The Labute approximate surface area is 104 Å². The third-order valence-corrected chi connectivity index (χ3v) is 2.40. The van der Waals surface area contributed by atoms with Crippen LogP contribution in [0, 0.1) is 0 Å². The maximum absolute atomic E-state index is 10.8. The number of nitrogens with one attached hydrogen (secondary N) is 1. The number of hydrogen-bond acceptors (Lipinski definition) is 5. The number of anilines is 2. The number of nitrogen functional groups attached to an aromatic ring is 1. The van der Waals surface area contributed by atoms with Gasteiger partial charge < -0.3 is 16.2 Å². The molecule has 0 unspecified atom stereocenters. The third-order valence-electron chi connectivity index (χ3n) is 2.40. The summed E-state index contributed by atoms with van der Waals surface area (Å²) in [6, 6.07) is 6.29. The van der Waals surface area contributed by atoms with Crippen molar-refractivity contribution in [3.63, 3.8) is 0 Å². The van der Waals surface area contributed by atoms with Gasteiger partial charge in [0.2, 0.25) is 0 Å². The van der Waals surface area contributed by atoms with Crippen LogP contribution in [0.2, 0.25) is 0 Å². The maximum Gasteiger partial charge on any atom is 0.335 e. The van der Waals surface area contributed by atoms with Gasteiger partial charge in [0.25, 0.3) is 0 Å². The van der Waals surface area contributed by atoms with Crippen molar-refractivity contribution in [1.29, 1.82) is 0 Å². The minimum Gasteiger partial charge on any atom is -0.478 e. The van der Waals surface area contributed by atoms with E-state index < -0.39 is 5.97 Å². The van der Waals surface area contributed by atoms with Crippen LogP contribution in [0.1, 0.15) is 16.1 Å². The molecule has 0 aliphatic heterocycles. The zero-order chi connectivity index (χ0) is 13.0. The number of carbonyl (C=O) groups is 1. The van der Waals surface area contributed by atoms with Crippen LogP contribution in [-0.4, -0.2) is 21.0 Å². The first-order valence-corrected chi connectivity index (χ1v) is 5.28. The van der Waals surface area contributed by atoms with Crippen molar-refractivity contribution in [3.05, 3.63) is 48.0 Å². The molecule has 0 aliphatic carbocycles. The number of nitrogens with two attached hydrogens (primary N) is 1. The van der Waals surface area contributed by atoms with Crippen molar-refractivity contribution in [3.8, 4) is 0 Å². The summed E-state index contributed by atoms with van der Waals surface area (Å²) in [5, 5.41) is 11.9. The summed E-state index contributed by atoms with van der Waals surface area (Å²) >= 11 is 0. The second-order valence-corrected chi connectivity index (χ2v) is 3.66. The highest BCUT2D eigenvalue weighted by Crippen LogP contribution is 2.20. The number of rotatable bonds is 4. The lowest BCUT2D eigenvalue weighted by molar-refractivity contribution is 0.0697. The summed E-state index contributed by atoms with van der Waals surface area (Å²) in [7, 11) is 0. The zero-order valence-corrected chi connectivity index (χ0v) is 9.50. The van der Waals surface area contributed by atoms with Crippen LogP contribution in [0.5, 0.6) is 0 Å². The molecule has 0 aliphatic rings. The van der Waals surface area contributed by atoms with E-state index in [4.69, 9.17) is 10.8 Å². The van der Waals surface area contributed by atoms with Gasteiger partial charge in [-0.1, -0.05) is 0 Å². The first kappa shape index (κ1) is 11.8. The molecule has 4 N–H and O–H groups in total. The van der Waals surface area contributed by atoms with Gasteiger partial charge in [0.1, 0.15) is 6.33 Å². The number of benzene rings is 1. The van der Waals surface area contributed by atoms with E-state index in [-0.39, 0.29) is 5.56 Å². The quantitative estimate of drug-likeness (QED) is 0.702. The van der Waals surface area contributed by atoms with Crippen LogP contribution in [-0.2, 0) is 6.54 Å². The molecular formula is C12H12N4O2. The number of aromatic nitrogens is 2. The van der Waals surface area contributed by atoms with Crippen molar-refractivity contribution in [1.82, 2.24) is 9.97 Å². The molecule has 0 spiro atoms. The molecule has 18 heavy (non-hydrogen) atoms. The fourth-order valence-corrected chi connectivity index (χ4v) is 1.45. The molecule has 0 atom stereocenters. The SMILES string of the molecule is Nc1ccc(C(=O)O)cc1NCc1ccncn1. The minimum atomic E-state index is -0.986. The Morgan fingerprint density at radius 1 is 1.39 bits per heavy atom. The first-order chi connectivity index (χ1) is 8.66. The van der Waals surface area contributed by atoms with Gasteiger partial charge in [-0.05, 0) is 24.3 Å². The number of carboxylic acids is 1. The van der Waals surface area contributed by atoms with E-state index in [1.54, 1.807) is 18.3 Å². The van der Waals surface area contributed by atoms with Gasteiger partial charge in [-0.3, -0.25) is 0 Å². The van der Waals surface area contributed by atoms with E-state index in [0.717, 1.165) is 5.69 Å². The van der Waals surface area contributed by atoms with Gasteiger partial charge in [0.15, 0.2) is 0 Å². The van der Waals surface area contributed by atoms with E-state index in [0.29, 0.717) is 17.9 Å². The summed E-state index contributed by atoms with van der Waals surface area (Å²) in [6.45, 7) is 0.454. The molecule has 2 aromatic rings. The second-order valence-electron chi connectivity index (χ2n) is 3.66. The zero-order valence-electron chi connectivity index (χ0n) is 9.50. The highest BCUT2D eigenvalue weighted by molar-refractivity contribution is 5.90. The number of aromatic carboxylic acids is 1. The van der Waals surface area contributed by atoms with Crippen LogP contribution in [0.4, 0.5) is 11.4 Å². The molecule has 0 radical (unpaired) electrons. The fraction of sp³-hybridized carbons (Fsp3) is 0.0833. The molecule has 0 saturated carbocycles. The van der Waals surface area contributed by atoms with E-state index in [1.807, 2.05) is 0 Å². The molecule has 0 bridgehead atoms. The van der Waals surface area contributed by atoms with Crippen molar-refractivity contribution in [2.75, 3.05) is 11.1 Å². The van der Waals surface area contributed by atoms with Crippen molar-refractivity contribution >= 4 is 17.3 Å². The molecule has 1 aromatic heterocycles.